The number of aryl methyl sites for hydroxylation is 2. The van der Waals surface area contributed by atoms with Gasteiger partial charge >= 0.3 is 0 Å². The molecule has 1 fully saturated rings. The molecule has 1 N–H and O–H groups in total. The van der Waals surface area contributed by atoms with Gasteiger partial charge in [0.1, 0.15) is 4.83 Å². The molecule has 0 aliphatic heterocycles. The summed E-state index contributed by atoms with van der Waals surface area (Å²) in [5, 5.41) is 4.35. The molecular formula is C17H19N3O2S2. The number of nitrogens with zero attached hydrogens (tertiary/aromatic N) is 2. The van der Waals surface area contributed by atoms with Crippen molar-refractivity contribution in [2.75, 3.05) is 5.75 Å². The van der Waals surface area contributed by atoms with Gasteiger partial charge in [-0.3, -0.25) is 14.2 Å². The van der Waals surface area contributed by atoms with Crippen LogP contribution in [0.15, 0.2) is 22.6 Å². The van der Waals surface area contributed by atoms with E-state index in [0.717, 1.165) is 42.3 Å². The maximum absolute atomic E-state index is 13.0. The topological polar surface area (TPSA) is 64.0 Å². The third kappa shape index (κ3) is 2.91. The standard InChI is InChI=1S/C17H19N3O2S2/c1-2-8-20-16(22)14-11-4-3-5-12(11)24-15(14)19-17(20)23-9-13(21)18-10-6-7-10/h2,10H,1,3-9H2,(H,18,21). The Morgan fingerprint density at radius 3 is 3.04 bits per heavy atom. The van der Waals surface area contributed by atoms with E-state index >= 15 is 0 Å². The molecule has 4 rings (SSSR count). The van der Waals surface area contributed by atoms with Crippen LogP contribution in [-0.4, -0.2) is 27.3 Å². The number of aromatic nitrogens is 2. The zero-order chi connectivity index (χ0) is 16.7. The molecule has 126 valence electrons. The number of amides is 1. The average molecular weight is 361 g/mol. The third-order valence-electron chi connectivity index (χ3n) is 4.38. The van der Waals surface area contributed by atoms with Crippen molar-refractivity contribution in [3.63, 3.8) is 0 Å². The minimum atomic E-state index is 0.00408. The Bertz CT molecular complexity index is 880. The highest BCUT2D eigenvalue weighted by Crippen LogP contribution is 2.35. The molecule has 2 heterocycles. The summed E-state index contributed by atoms with van der Waals surface area (Å²) in [6.07, 6.45) is 6.98. The van der Waals surface area contributed by atoms with Gasteiger partial charge in [-0.2, -0.15) is 0 Å². The van der Waals surface area contributed by atoms with E-state index in [1.54, 1.807) is 22.0 Å². The van der Waals surface area contributed by atoms with Gasteiger partial charge in [0.05, 0.1) is 11.1 Å². The van der Waals surface area contributed by atoms with Crippen LogP contribution in [-0.2, 0) is 24.2 Å². The van der Waals surface area contributed by atoms with Gasteiger partial charge < -0.3 is 5.32 Å². The maximum Gasteiger partial charge on any atom is 0.263 e. The second-order valence-corrected chi connectivity index (χ2v) is 8.29. The van der Waals surface area contributed by atoms with Gasteiger partial charge in [0.15, 0.2) is 5.16 Å². The number of thiophene rings is 1. The number of hydrogen-bond acceptors (Lipinski definition) is 5. The van der Waals surface area contributed by atoms with Crippen molar-refractivity contribution < 1.29 is 4.79 Å². The number of carbonyl (C=O) groups excluding carboxylic acids is 1. The number of thioether (sulfide) groups is 1. The summed E-state index contributed by atoms with van der Waals surface area (Å²) in [6.45, 7) is 4.16. The number of fused-ring (bicyclic) bond motifs is 3. The van der Waals surface area contributed by atoms with Gasteiger partial charge in [-0.15, -0.1) is 17.9 Å². The molecule has 0 atom stereocenters. The van der Waals surface area contributed by atoms with E-state index in [1.165, 1.54) is 22.2 Å². The molecule has 2 aliphatic carbocycles. The van der Waals surface area contributed by atoms with Gasteiger partial charge in [-0.1, -0.05) is 17.8 Å². The molecule has 2 aromatic heterocycles. The molecule has 0 spiro atoms. The van der Waals surface area contributed by atoms with Gasteiger partial charge in [0.2, 0.25) is 5.91 Å². The first-order valence-corrected chi connectivity index (χ1v) is 10.1. The van der Waals surface area contributed by atoms with Gasteiger partial charge in [-0.25, -0.2) is 4.98 Å². The van der Waals surface area contributed by atoms with E-state index in [9.17, 15) is 9.59 Å². The summed E-state index contributed by atoms with van der Waals surface area (Å²) in [5.41, 5.74) is 1.19. The van der Waals surface area contributed by atoms with Crippen LogP contribution >= 0.6 is 23.1 Å². The quantitative estimate of drug-likeness (QED) is 0.488. The zero-order valence-corrected chi connectivity index (χ0v) is 15.0. The first-order valence-electron chi connectivity index (χ1n) is 8.25. The van der Waals surface area contributed by atoms with Crippen LogP contribution in [0.1, 0.15) is 29.7 Å². The smallest absolute Gasteiger partial charge is 0.263 e. The fraction of sp³-hybridized carbons (Fsp3) is 0.471. The van der Waals surface area contributed by atoms with E-state index in [-0.39, 0.29) is 17.2 Å². The van der Waals surface area contributed by atoms with Crippen molar-refractivity contribution in [2.24, 2.45) is 0 Å². The number of rotatable bonds is 6. The summed E-state index contributed by atoms with van der Waals surface area (Å²) < 4.78 is 1.65. The molecule has 24 heavy (non-hydrogen) atoms. The van der Waals surface area contributed by atoms with Crippen LogP contribution in [0.2, 0.25) is 0 Å². The monoisotopic (exact) mass is 361 g/mol. The van der Waals surface area contributed by atoms with Crippen molar-refractivity contribution in [3.8, 4) is 0 Å². The van der Waals surface area contributed by atoms with Crippen molar-refractivity contribution in [2.45, 2.75) is 49.8 Å². The van der Waals surface area contributed by atoms with Crippen molar-refractivity contribution in [1.82, 2.24) is 14.9 Å². The SMILES string of the molecule is C=CCn1c(SCC(=O)NC2CC2)nc2sc3c(c2c1=O)CCC3. The minimum Gasteiger partial charge on any atom is -0.353 e. The molecule has 0 unspecified atom stereocenters. The predicted octanol–water partition coefficient (Wildman–Crippen LogP) is 2.50. The Kier molecular flexibility index (Phi) is 4.22. The summed E-state index contributed by atoms with van der Waals surface area (Å²) in [5.74, 6) is 0.298. The first-order chi connectivity index (χ1) is 11.7. The molecule has 1 amide bonds. The fourth-order valence-corrected chi connectivity index (χ4v) is 5.21. The van der Waals surface area contributed by atoms with Gasteiger partial charge in [-0.05, 0) is 37.7 Å². The molecule has 0 radical (unpaired) electrons. The maximum atomic E-state index is 13.0. The molecule has 1 saturated carbocycles. The minimum absolute atomic E-state index is 0.00408. The molecule has 2 aliphatic rings. The lowest BCUT2D eigenvalue weighted by molar-refractivity contribution is -0.118. The molecule has 5 nitrogen and oxygen atoms in total. The van der Waals surface area contributed by atoms with Crippen LogP contribution in [0.5, 0.6) is 0 Å². The summed E-state index contributed by atoms with van der Waals surface area (Å²) in [4.78, 5) is 31.7. The van der Waals surface area contributed by atoms with Crippen molar-refractivity contribution >= 4 is 39.2 Å². The van der Waals surface area contributed by atoms with Gasteiger partial charge in [0, 0.05) is 17.5 Å². The van der Waals surface area contributed by atoms with E-state index in [4.69, 9.17) is 4.98 Å². The van der Waals surface area contributed by atoms with Crippen LogP contribution < -0.4 is 10.9 Å². The predicted molar refractivity (Wildman–Crippen MR) is 98.0 cm³/mol. The van der Waals surface area contributed by atoms with E-state index < -0.39 is 0 Å². The average Bonchev–Trinajstić information content (AvgIpc) is 3.12. The van der Waals surface area contributed by atoms with Crippen LogP contribution in [0.25, 0.3) is 10.2 Å². The fourth-order valence-electron chi connectivity index (χ4n) is 3.09. The highest BCUT2D eigenvalue weighted by atomic mass is 32.2. The number of allylic oxidation sites excluding steroid dienone is 1. The number of nitrogens with one attached hydrogen (secondary N) is 1. The highest BCUT2D eigenvalue weighted by molar-refractivity contribution is 7.99. The summed E-state index contributed by atoms with van der Waals surface area (Å²) in [7, 11) is 0. The summed E-state index contributed by atoms with van der Waals surface area (Å²) >= 11 is 2.97. The highest BCUT2D eigenvalue weighted by Gasteiger charge is 2.25. The first kappa shape index (κ1) is 15.9. The Morgan fingerprint density at radius 2 is 2.29 bits per heavy atom. The Labute approximate surface area is 148 Å². The molecular weight excluding hydrogens is 342 g/mol. The largest absolute Gasteiger partial charge is 0.353 e. The summed E-state index contributed by atoms with van der Waals surface area (Å²) in [6, 6.07) is 0.351. The van der Waals surface area contributed by atoms with E-state index in [1.807, 2.05) is 0 Å². The Morgan fingerprint density at radius 1 is 1.46 bits per heavy atom. The third-order valence-corrected chi connectivity index (χ3v) is 6.54. The lowest BCUT2D eigenvalue weighted by Gasteiger charge is -2.10. The molecule has 7 heteroatoms. The lowest BCUT2D eigenvalue weighted by Crippen LogP contribution is -2.28. The lowest BCUT2D eigenvalue weighted by atomic mass is 10.2. The normalized spacial score (nSPS) is 16.3. The molecule has 0 aromatic carbocycles. The van der Waals surface area contributed by atoms with Crippen molar-refractivity contribution in [1.29, 1.82) is 0 Å². The van der Waals surface area contributed by atoms with Crippen LogP contribution in [0.4, 0.5) is 0 Å². The second-order valence-electron chi connectivity index (χ2n) is 6.27. The van der Waals surface area contributed by atoms with Crippen molar-refractivity contribution in [3.05, 3.63) is 33.4 Å². The Hall–Kier alpha value is -1.60. The van der Waals surface area contributed by atoms with Crippen LogP contribution in [0.3, 0.4) is 0 Å². The van der Waals surface area contributed by atoms with Gasteiger partial charge in [0.25, 0.3) is 5.56 Å². The van der Waals surface area contributed by atoms with E-state index in [2.05, 4.69) is 11.9 Å². The molecule has 0 saturated heterocycles. The molecule has 0 bridgehead atoms. The Balaban J connectivity index is 1.68. The second kappa shape index (κ2) is 6.37. The molecule has 2 aromatic rings. The van der Waals surface area contributed by atoms with Crippen LogP contribution in [0, 0.1) is 0 Å². The zero-order valence-electron chi connectivity index (χ0n) is 13.3. The number of hydrogen-bond donors (Lipinski definition) is 1. The van der Waals surface area contributed by atoms with E-state index in [0.29, 0.717) is 17.7 Å². The number of carbonyl (C=O) groups is 1.